The predicted octanol–water partition coefficient (Wildman–Crippen LogP) is 5.05. The molecule has 9 nitrogen and oxygen atoms in total. The number of pyridine rings is 1. The van der Waals surface area contributed by atoms with E-state index >= 15 is 0 Å². The number of allylic oxidation sites excluding steroid dienone is 5. The summed E-state index contributed by atoms with van der Waals surface area (Å²) in [5, 5.41) is 6.56. The monoisotopic (exact) mass is 513 g/mol. The van der Waals surface area contributed by atoms with Crippen LogP contribution in [0.5, 0.6) is 0 Å². The minimum Gasteiger partial charge on any atom is -0.499 e. The molecule has 2 aromatic rings. The maximum Gasteiger partial charge on any atom is 0.278 e. The van der Waals surface area contributed by atoms with Gasteiger partial charge in [-0.25, -0.2) is 14.7 Å². The zero-order valence-electron chi connectivity index (χ0n) is 21.8. The lowest BCUT2D eigenvalue weighted by atomic mass is 10.2. The van der Waals surface area contributed by atoms with Crippen molar-refractivity contribution in [2.24, 2.45) is 0 Å². The van der Waals surface area contributed by atoms with Gasteiger partial charge in [-0.2, -0.15) is 0 Å². The van der Waals surface area contributed by atoms with Gasteiger partial charge in [0, 0.05) is 25.6 Å². The van der Waals surface area contributed by atoms with Crippen LogP contribution in [-0.2, 0) is 20.6 Å². The van der Waals surface area contributed by atoms with E-state index in [0.29, 0.717) is 34.3 Å². The summed E-state index contributed by atoms with van der Waals surface area (Å²) < 4.78 is 19.2. The molecule has 0 saturated carbocycles. The molecule has 0 spiro atoms. The van der Waals surface area contributed by atoms with Gasteiger partial charge in [0.1, 0.15) is 22.6 Å². The minimum absolute atomic E-state index is 0.267. The molecule has 0 fully saturated rings. The molecule has 3 N–H and O–H groups in total. The highest BCUT2D eigenvalue weighted by Gasteiger charge is 2.17. The Labute approximate surface area is 215 Å². The largest absolute Gasteiger partial charge is 0.499 e. The van der Waals surface area contributed by atoms with E-state index in [-0.39, 0.29) is 5.56 Å². The van der Waals surface area contributed by atoms with Crippen LogP contribution in [0.25, 0.3) is 0 Å². The number of ether oxygens (including phenoxy) is 1. The van der Waals surface area contributed by atoms with E-state index < -0.39 is 16.9 Å². The fourth-order valence-corrected chi connectivity index (χ4v) is 3.45. The van der Waals surface area contributed by atoms with Crippen LogP contribution in [0.2, 0.25) is 0 Å². The Morgan fingerprint density at radius 2 is 1.92 bits per heavy atom. The standard InChI is InChI=1S/C26H35N5O4S/c1-8-18(2)12-11-14-21(19(3)34-5)29-25-16-23(20(17-27-25)26(32)30-35-6)28-22-13-9-10-15-24(22)31(4)36(7)33/h9-17H,8H2,1-7H3,(H,30,32)(H2,27,28,29)/b14-11-,18-12+,21-19-. The first-order chi connectivity index (χ1) is 17.2. The lowest BCUT2D eigenvalue weighted by Gasteiger charge is -2.21. The van der Waals surface area contributed by atoms with Crippen LogP contribution in [0.15, 0.2) is 71.8 Å². The molecule has 1 atom stereocenters. The van der Waals surface area contributed by atoms with Gasteiger partial charge in [-0.15, -0.1) is 0 Å². The number of rotatable bonds is 12. The van der Waals surface area contributed by atoms with Gasteiger partial charge in [0.05, 0.1) is 42.5 Å². The zero-order valence-corrected chi connectivity index (χ0v) is 22.7. The van der Waals surface area contributed by atoms with E-state index in [0.717, 1.165) is 6.42 Å². The predicted molar refractivity (Wildman–Crippen MR) is 147 cm³/mol. The molecule has 0 saturated heterocycles. The molecule has 2 rings (SSSR count). The summed E-state index contributed by atoms with van der Waals surface area (Å²) in [5.41, 5.74) is 6.41. The number of nitrogens with zero attached hydrogens (tertiary/aromatic N) is 2. The van der Waals surface area contributed by atoms with Crippen molar-refractivity contribution in [3.8, 4) is 0 Å². The van der Waals surface area contributed by atoms with Crippen molar-refractivity contribution < 1.29 is 18.6 Å². The summed E-state index contributed by atoms with van der Waals surface area (Å²) in [6.07, 6.45) is 9.89. The molecular weight excluding hydrogens is 478 g/mol. The minimum atomic E-state index is -1.24. The number of methoxy groups -OCH3 is 1. The van der Waals surface area contributed by atoms with E-state index in [1.807, 2.05) is 49.4 Å². The molecule has 0 radical (unpaired) electrons. The van der Waals surface area contributed by atoms with Gasteiger partial charge in [-0.1, -0.05) is 36.8 Å². The Kier molecular flexibility index (Phi) is 11.2. The summed E-state index contributed by atoms with van der Waals surface area (Å²) in [5.74, 6) is 0.695. The van der Waals surface area contributed by atoms with E-state index in [1.54, 1.807) is 30.8 Å². The Balaban J connectivity index is 2.51. The van der Waals surface area contributed by atoms with Gasteiger partial charge in [0.15, 0.2) is 0 Å². The summed E-state index contributed by atoms with van der Waals surface area (Å²) in [7, 11) is 3.46. The molecule has 194 valence electrons. The number of hydrogen-bond acceptors (Lipinski definition) is 7. The SMILES string of the molecule is CC/C(C)=C/C=C\C(Nc1cc(Nc2ccccc2N(C)S(C)=O)c(C(=O)NOC)cn1)=C(/C)OC. The maximum absolute atomic E-state index is 12.7. The molecule has 1 heterocycles. The smallest absolute Gasteiger partial charge is 0.278 e. The van der Waals surface area contributed by atoms with Crippen molar-refractivity contribution in [3.05, 3.63) is 77.3 Å². The Morgan fingerprint density at radius 3 is 2.56 bits per heavy atom. The maximum atomic E-state index is 12.7. The lowest BCUT2D eigenvalue weighted by molar-refractivity contribution is 0.0538. The number of para-hydroxylation sites is 2. The summed E-state index contributed by atoms with van der Waals surface area (Å²) in [4.78, 5) is 21.9. The van der Waals surface area contributed by atoms with Gasteiger partial charge >= 0.3 is 0 Å². The summed E-state index contributed by atoms with van der Waals surface area (Å²) in [6, 6.07) is 9.11. The van der Waals surface area contributed by atoms with E-state index in [4.69, 9.17) is 9.57 Å². The van der Waals surface area contributed by atoms with Gasteiger partial charge < -0.3 is 15.4 Å². The highest BCUT2D eigenvalue weighted by Crippen LogP contribution is 2.31. The van der Waals surface area contributed by atoms with Crippen LogP contribution in [-0.4, -0.2) is 42.6 Å². The van der Waals surface area contributed by atoms with E-state index in [2.05, 4.69) is 34.9 Å². The molecule has 1 unspecified atom stereocenters. The van der Waals surface area contributed by atoms with Crippen molar-refractivity contribution in [1.82, 2.24) is 10.5 Å². The molecule has 1 aromatic carbocycles. The molecule has 10 heteroatoms. The number of hydrogen-bond donors (Lipinski definition) is 3. The highest BCUT2D eigenvalue weighted by atomic mass is 32.2. The fraction of sp³-hybridized carbons (Fsp3) is 0.308. The number of aromatic nitrogens is 1. The van der Waals surface area contributed by atoms with Crippen LogP contribution in [0.3, 0.4) is 0 Å². The van der Waals surface area contributed by atoms with Crippen LogP contribution in [0.1, 0.15) is 37.6 Å². The first-order valence-electron chi connectivity index (χ1n) is 11.3. The average Bonchev–Trinajstić information content (AvgIpc) is 2.87. The third-order valence-corrected chi connectivity index (χ3v) is 6.36. The third-order valence-electron chi connectivity index (χ3n) is 5.39. The van der Waals surface area contributed by atoms with E-state index in [1.165, 1.54) is 18.9 Å². The topological polar surface area (TPSA) is 105 Å². The molecule has 0 aliphatic rings. The summed E-state index contributed by atoms with van der Waals surface area (Å²) >= 11 is 0. The molecule has 36 heavy (non-hydrogen) atoms. The number of amides is 1. The zero-order chi connectivity index (χ0) is 26.7. The van der Waals surface area contributed by atoms with Crippen molar-refractivity contribution in [2.45, 2.75) is 27.2 Å². The third kappa shape index (κ3) is 7.96. The molecule has 0 aliphatic heterocycles. The first kappa shape index (κ1) is 28.6. The Bertz CT molecular complexity index is 1180. The van der Waals surface area contributed by atoms with Crippen LogP contribution in [0, 0.1) is 0 Å². The lowest BCUT2D eigenvalue weighted by Crippen LogP contribution is -2.23. The number of benzene rings is 1. The number of anilines is 4. The van der Waals surface area contributed by atoms with Crippen molar-refractivity contribution in [2.75, 3.05) is 42.5 Å². The summed E-state index contributed by atoms with van der Waals surface area (Å²) in [6.45, 7) is 6.01. The average molecular weight is 514 g/mol. The Hall–Kier alpha value is -3.63. The molecule has 1 amide bonds. The van der Waals surface area contributed by atoms with Gasteiger partial charge in [-0.3, -0.25) is 13.9 Å². The number of carbonyl (C=O) groups is 1. The normalized spacial score (nSPS) is 13.1. The van der Waals surface area contributed by atoms with Gasteiger partial charge in [-0.05, 0) is 38.5 Å². The van der Waals surface area contributed by atoms with Crippen LogP contribution >= 0.6 is 0 Å². The number of nitrogens with one attached hydrogen (secondary N) is 3. The Morgan fingerprint density at radius 1 is 1.19 bits per heavy atom. The second-order valence-electron chi connectivity index (χ2n) is 7.84. The van der Waals surface area contributed by atoms with Crippen molar-refractivity contribution in [3.63, 3.8) is 0 Å². The molecule has 1 aromatic heterocycles. The molecular formula is C26H35N5O4S. The van der Waals surface area contributed by atoms with Crippen molar-refractivity contribution in [1.29, 1.82) is 0 Å². The quantitative estimate of drug-likeness (QED) is 0.207. The van der Waals surface area contributed by atoms with Crippen LogP contribution in [0.4, 0.5) is 22.9 Å². The second kappa shape index (κ2) is 14.1. The second-order valence-corrected chi connectivity index (χ2v) is 9.23. The highest BCUT2D eigenvalue weighted by molar-refractivity contribution is 7.85. The van der Waals surface area contributed by atoms with Crippen molar-refractivity contribution >= 4 is 39.8 Å². The number of carbonyl (C=O) groups excluding carboxylic acids is 1. The number of hydroxylamine groups is 1. The molecule has 0 bridgehead atoms. The van der Waals surface area contributed by atoms with E-state index in [9.17, 15) is 9.00 Å². The first-order valence-corrected chi connectivity index (χ1v) is 12.9. The van der Waals surface area contributed by atoms with Crippen LogP contribution < -0.4 is 20.4 Å². The molecule has 0 aliphatic carbocycles. The fourth-order valence-electron chi connectivity index (χ4n) is 3.01. The van der Waals surface area contributed by atoms with Gasteiger partial charge in [0.2, 0.25) is 0 Å². The van der Waals surface area contributed by atoms with Gasteiger partial charge in [0.25, 0.3) is 5.91 Å².